The Morgan fingerprint density at radius 3 is 2.66 bits per heavy atom. The van der Waals surface area contributed by atoms with Crippen molar-refractivity contribution in [1.29, 1.82) is 0 Å². The van der Waals surface area contributed by atoms with E-state index in [1.807, 2.05) is 54.9 Å². The van der Waals surface area contributed by atoms with Crippen LogP contribution < -0.4 is 10.6 Å². The van der Waals surface area contributed by atoms with Crippen LogP contribution in [0.5, 0.6) is 0 Å². The lowest BCUT2D eigenvalue weighted by atomic mass is 10.3. The van der Waals surface area contributed by atoms with E-state index in [2.05, 4.69) is 35.6 Å². The summed E-state index contributed by atoms with van der Waals surface area (Å²) in [4.78, 5) is 34.0. The van der Waals surface area contributed by atoms with Crippen LogP contribution in [-0.4, -0.2) is 48.5 Å². The van der Waals surface area contributed by atoms with Crippen molar-refractivity contribution < 1.29 is 4.79 Å². The first-order chi connectivity index (χ1) is 14.1. The van der Waals surface area contributed by atoms with Crippen molar-refractivity contribution >= 4 is 22.8 Å². The molecule has 0 aliphatic rings. The van der Waals surface area contributed by atoms with E-state index in [4.69, 9.17) is 0 Å². The van der Waals surface area contributed by atoms with Crippen molar-refractivity contribution in [3.8, 4) is 5.82 Å². The van der Waals surface area contributed by atoms with Gasteiger partial charge < -0.3 is 10.6 Å². The van der Waals surface area contributed by atoms with E-state index in [0.29, 0.717) is 35.9 Å². The normalized spacial score (nSPS) is 10.8. The van der Waals surface area contributed by atoms with Crippen molar-refractivity contribution in [3.05, 3.63) is 66.3 Å². The second-order valence-electron chi connectivity index (χ2n) is 6.43. The Morgan fingerprint density at radius 1 is 1.03 bits per heavy atom. The molecule has 0 aliphatic carbocycles. The van der Waals surface area contributed by atoms with E-state index in [0.717, 1.165) is 17.2 Å². The van der Waals surface area contributed by atoms with Gasteiger partial charge in [-0.25, -0.2) is 19.9 Å². The molecule has 0 unspecified atom stereocenters. The number of carbonyl (C=O) groups excluding carboxylic acids is 1. The van der Waals surface area contributed by atoms with Gasteiger partial charge in [-0.15, -0.1) is 0 Å². The molecule has 0 saturated heterocycles. The van der Waals surface area contributed by atoms with Crippen LogP contribution in [0.2, 0.25) is 0 Å². The molecule has 0 saturated carbocycles. The topological polar surface area (TPSA) is 111 Å². The van der Waals surface area contributed by atoms with Gasteiger partial charge >= 0.3 is 0 Å². The zero-order chi connectivity index (χ0) is 20.2. The van der Waals surface area contributed by atoms with Crippen LogP contribution in [0.25, 0.3) is 16.9 Å². The van der Waals surface area contributed by atoms with Crippen molar-refractivity contribution in [2.75, 3.05) is 18.4 Å². The number of benzene rings is 1. The van der Waals surface area contributed by atoms with Gasteiger partial charge in [0.05, 0.1) is 17.2 Å². The molecule has 9 nitrogen and oxygen atoms in total. The molecule has 3 aromatic heterocycles. The van der Waals surface area contributed by atoms with Gasteiger partial charge in [-0.05, 0) is 26.0 Å². The number of nitrogens with one attached hydrogen (secondary N) is 2. The highest BCUT2D eigenvalue weighted by molar-refractivity contribution is 5.93. The number of fused-ring (bicyclic) bond motifs is 1. The van der Waals surface area contributed by atoms with Crippen molar-refractivity contribution in [3.63, 3.8) is 0 Å². The summed E-state index contributed by atoms with van der Waals surface area (Å²) in [7, 11) is 0. The first-order valence-corrected chi connectivity index (χ1v) is 9.20. The summed E-state index contributed by atoms with van der Waals surface area (Å²) in [5, 5.41) is 6.05. The van der Waals surface area contributed by atoms with Gasteiger partial charge in [-0.2, -0.15) is 0 Å². The largest absolute Gasteiger partial charge is 0.368 e. The number of hydrogen-bond donors (Lipinski definition) is 2. The summed E-state index contributed by atoms with van der Waals surface area (Å²) in [6.45, 7) is 4.66. The fourth-order valence-electron chi connectivity index (χ4n) is 2.91. The summed E-state index contributed by atoms with van der Waals surface area (Å²) in [5.41, 5.74) is 1.74. The first-order valence-electron chi connectivity index (χ1n) is 9.20. The van der Waals surface area contributed by atoms with Gasteiger partial charge in [0.25, 0.3) is 5.91 Å². The maximum Gasteiger partial charge on any atom is 0.271 e. The molecule has 4 aromatic rings. The lowest BCUT2D eigenvalue weighted by molar-refractivity contribution is 0.0950. The molecule has 0 fully saturated rings. The Balaban J connectivity index is 1.36. The minimum atomic E-state index is -0.265. The fourth-order valence-corrected chi connectivity index (χ4v) is 2.91. The van der Waals surface area contributed by atoms with Crippen molar-refractivity contribution in [2.24, 2.45) is 0 Å². The van der Waals surface area contributed by atoms with Gasteiger partial charge in [-0.1, -0.05) is 12.1 Å². The molecular weight excluding hydrogens is 368 g/mol. The van der Waals surface area contributed by atoms with Gasteiger partial charge in [0.1, 0.15) is 29.0 Å². The number of aryl methyl sites for hydroxylation is 2. The fraction of sp³-hybridized carbons (Fsp3) is 0.200. The smallest absolute Gasteiger partial charge is 0.271 e. The molecule has 0 spiro atoms. The second kappa shape index (κ2) is 8.01. The predicted octanol–water partition coefficient (Wildman–Crippen LogP) is 2.06. The first kappa shape index (κ1) is 18.5. The van der Waals surface area contributed by atoms with Gasteiger partial charge in [0, 0.05) is 31.5 Å². The minimum absolute atomic E-state index is 0.265. The Morgan fingerprint density at radius 2 is 1.86 bits per heavy atom. The van der Waals surface area contributed by atoms with Gasteiger partial charge in [0.15, 0.2) is 0 Å². The highest BCUT2D eigenvalue weighted by Crippen LogP contribution is 2.12. The summed E-state index contributed by atoms with van der Waals surface area (Å²) < 4.78 is 1.89. The third kappa shape index (κ3) is 4.18. The van der Waals surface area contributed by atoms with Crippen LogP contribution in [0.3, 0.4) is 0 Å². The van der Waals surface area contributed by atoms with Crippen LogP contribution in [0.4, 0.5) is 5.82 Å². The standard InChI is InChI=1S/C20H20N8O/c1-13-25-18(11-19(26-13)28-10-9-21-14(28)2)22-7-8-23-20(29)17-12-24-15-5-3-4-6-16(15)27-17/h3-6,9-12H,7-8H2,1-2H3,(H,23,29)(H,22,25,26). The van der Waals surface area contributed by atoms with Gasteiger partial charge in [0.2, 0.25) is 0 Å². The number of aromatic nitrogens is 6. The quantitative estimate of drug-likeness (QED) is 0.486. The number of rotatable bonds is 6. The number of anilines is 1. The van der Waals surface area contributed by atoms with Crippen molar-refractivity contribution in [2.45, 2.75) is 13.8 Å². The maximum absolute atomic E-state index is 12.3. The highest BCUT2D eigenvalue weighted by atomic mass is 16.1. The zero-order valence-electron chi connectivity index (χ0n) is 16.1. The lowest BCUT2D eigenvalue weighted by Gasteiger charge is -2.10. The molecule has 0 atom stereocenters. The summed E-state index contributed by atoms with van der Waals surface area (Å²) in [6, 6.07) is 9.29. The molecule has 0 aliphatic heterocycles. The van der Waals surface area contributed by atoms with E-state index >= 15 is 0 Å². The van der Waals surface area contributed by atoms with E-state index in [-0.39, 0.29) is 5.91 Å². The molecule has 1 amide bonds. The van der Waals surface area contributed by atoms with E-state index in [1.165, 1.54) is 6.20 Å². The Kier molecular flexibility index (Phi) is 5.10. The summed E-state index contributed by atoms with van der Waals surface area (Å²) >= 11 is 0. The van der Waals surface area contributed by atoms with E-state index in [9.17, 15) is 4.79 Å². The minimum Gasteiger partial charge on any atom is -0.368 e. The zero-order valence-corrected chi connectivity index (χ0v) is 16.1. The Bertz CT molecular complexity index is 1170. The molecule has 4 rings (SSSR count). The number of para-hydroxylation sites is 2. The number of hydrogen-bond acceptors (Lipinski definition) is 7. The second-order valence-corrected chi connectivity index (χ2v) is 6.43. The number of nitrogens with zero attached hydrogens (tertiary/aromatic N) is 6. The highest BCUT2D eigenvalue weighted by Gasteiger charge is 2.09. The monoisotopic (exact) mass is 388 g/mol. The average molecular weight is 388 g/mol. The number of amides is 1. The Labute approximate surface area is 167 Å². The molecule has 0 radical (unpaired) electrons. The molecule has 1 aromatic carbocycles. The SMILES string of the molecule is Cc1nc(NCCNC(=O)c2cnc3ccccc3n2)cc(-n2ccnc2C)n1. The van der Waals surface area contributed by atoms with Crippen molar-refractivity contribution in [1.82, 2.24) is 34.8 Å². The van der Waals surface area contributed by atoms with Crippen LogP contribution in [-0.2, 0) is 0 Å². The third-order valence-electron chi connectivity index (χ3n) is 4.29. The third-order valence-corrected chi connectivity index (χ3v) is 4.29. The van der Waals surface area contributed by atoms with Gasteiger partial charge in [-0.3, -0.25) is 14.3 Å². The average Bonchev–Trinajstić information content (AvgIpc) is 3.16. The number of carbonyl (C=O) groups is 1. The lowest BCUT2D eigenvalue weighted by Crippen LogP contribution is -2.29. The molecule has 146 valence electrons. The molecule has 0 bridgehead atoms. The molecular formula is C20H20N8O. The molecule has 3 heterocycles. The Hall–Kier alpha value is -3.88. The van der Waals surface area contributed by atoms with Crippen LogP contribution in [0, 0.1) is 13.8 Å². The van der Waals surface area contributed by atoms with E-state index in [1.54, 1.807) is 6.20 Å². The van der Waals surface area contributed by atoms with E-state index < -0.39 is 0 Å². The summed E-state index contributed by atoms with van der Waals surface area (Å²) in [6.07, 6.45) is 5.06. The van der Waals surface area contributed by atoms with Crippen LogP contribution in [0.1, 0.15) is 22.1 Å². The predicted molar refractivity (Wildman–Crippen MR) is 109 cm³/mol. The van der Waals surface area contributed by atoms with Crippen LogP contribution >= 0.6 is 0 Å². The molecule has 2 N–H and O–H groups in total. The molecule has 29 heavy (non-hydrogen) atoms. The van der Waals surface area contributed by atoms with Crippen LogP contribution in [0.15, 0.2) is 48.9 Å². The maximum atomic E-state index is 12.3. The summed E-state index contributed by atoms with van der Waals surface area (Å²) in [5.74, 6) is 2.65. The number of imidazole rings is 1. The molecule has 9 heteroatoms.